The van der Waals surface area contributed by atoms with Crippen molar-refractivity contribution in [2.45, 2.75) is 6.54 Å². The van der Waals surface area contributed by atoms with Crippen molar-refractivity contribution in [2.75, 3.05) is 0 Å². The highest BCUT2D eigenvalue weighted by Gasteiger charge is 2.17. The second-order valence-electron chi connectivity index (χ2n) is 5.07. The lowest BCUT2D eigenvalue weighted by molar-refractivity contribution is 0.627. The minimum Gasteiger partial charge on any atom is -0.315 e. The molecule has 0 spiro atoms. The smallest absolute Gasteiger partial charge is 0.123 e. The number of rotatable bonds is 1. The van der Waals surface area contributed by atoms with Crippen LogP contribution in [0.1, 0.15) is 16.8 Å². The SMILES string of the molecule is Fc1cccc(C2=NCc3ccccc3-n3cccc32)c1. The fourth-order valence-corrected chi connectivity index (χ4v) is 2.78. The summed E-state index contributed by atoms with van der Waals surface area (Å²) < 4.78 is 15.6. The first-order chi connectivity index (χ1) is 10.3. The molecule has 3 aromatic rings. The number of aromatic nitrogens is 1. The van der Waals surface area contributed by atoms with Crippen LogP contribution in [0.15, 0.2) is 71.9 Å². The van der Waals surface area contributed by atoms with Crippen molar-refractivity contribution in [3.8, 4) is 5.69 Å². The Kier molecular flexibility index (Phi) is 2.71. The maximum Gasteiger partial charge on any atom is 0.123 e. The molecule has 102 valence electrons. The first kappa shape index (κ1) is 12.1. The molecular formula is C18H13FN2. The molecule has 1 aliphatic rings. The summed E-state index contributed by atoms with van der Waals surface area (Å²) in [6.45, 7) is 0.601. The van der Waals surface area contributed by atoms with E-state index in [1.807, 2.05) is 36.5 Å². The number of para-hydroxylation sites is 1. The normalized spacial score (nSPS) is 13.1. The van der Waals surface area contributed by atoms with Gasteiger partial charge in [-0.05, 0) is 35.9 Å². The second kappa shape index (κ2) is 4.70. The Hall–Kier alpha value is -2.68. The van der Waals surface area contributed by atoms with Crippen molar-refractivity contribution < 1.29 is 4.39 Å². The Morgan fingerprint density at radius 3 is 2.76 bits per heavy atom. The van der Waals surface area contributed by atoms with Crippen molar-refractivity contribution in [1.29, 1.82) is 0 Å². The fraction of sp³-hybridized carbons (Fsp3) is 0.0556. The molecule has 2 heterocycles. The van der Waals surface area contributed by atoms with E-state index in [0.717, 1.165) is 22.7 Å². The average Bonchev–Trinajstić information content (AvgIpc) is 2.92. The number of aliphatic imine (C=N–C) groups is 1. The Bertz CT molecular complexity index is 846. The molecule has 1 aliphatic heterocycles. The van der Waals surface area contributed by atoms with Crippen molar-refractivity contribution in [1.82, 2.24) is 4.57 Å². The van der Waals surface area contributed by atoms with E-state index in [1.54, 1.807) is 6.07 Å². The highest BCUT2D eigenvalue weighted by Crippen LogP contribution is 2.25. The van der Waals surface area contributed by atoms with E-state index in [1.165, 1.54) is 17.7 Å². The summed E-state index contributed by atoms with van der Waals surface area (Å²) in [7, 11) is 0. The van der Waals surface area contributed by atoms with Crippen LogP contribution in [-0.2, 0) is 6.54 Å². The molecule has 0 saturated carbocycles. The molecule has 4 rings (SSSR count). The lowest BCUT2D eigenvalue weighted by Crippen LogP contribution is -2.08. The molecule has 0 saturated heterocycles. The quantitative estimate of drug-likeness (QED) is 0.640. The predicted octanol–water partition coefficient (Wildman–Crippen LogP) is 3.97. The van der Waals surface area contributed by atoms with Gasteiger partial charge in [0, 0.05) is 11.8 Å². The maximum absolute atomic E-state index is 13.5. The molecule has 0 atom stereocenters. The largest absolute Gasteiger partial charge is 0.315 e. The van der Waals surface area contributed by atoms with Gasteiger partial charge in [0.05, 0.1) is 23.6 Å². The highest BCUT2D eigenvalue weighted by atomic mass is 19.1. The highest BCUT2D eigenvalue weighted by molar-refractivity contribution is 6.12. The van der Waals surface area contributed by atoms with Gasteiger partial charge in [-0.25, -0.2) is 4.39 Å². The van der Waals surface area contributed by atoms with Gasteiger partial charge in [0.2, 0.25) is 0 Å². The molecule has 21 heavy (non-hydrogen) atoms. The van der Waals surface area contributed by atoms with Gasteiger partial charge in [-0.3, -0.25) is 4.99 Å². The van der Waals surface area contributed by atoms with Gasteiger partial charge in [-0.2, -0.15) is 0 Å². The minimum absolute atomic E-state index is 0.241. The van der Waals surface area contributed by atoms with Crippen molar-refractivity contribution >= 4 is 5.71 Å². The number of halogens is 1. The zero-order chi connectivity index (χ0) is 14.2. The Morgan fingerprint density at radius 2 is 1.86 bits per heavy atom. The van der Waals surface area contributed by atoms with Crippen molar-refractivity contribution in [3.63, 3.8) is 0 Å². The molecule has 0 unspecified atom stereocenters. The van der Waals surface area contributed by atoms with Crippen LogP contribution in [0, 0.1) is 5.82 Å². The van der Waals surface area contributed by atoms with Crippen LogP contribution in [0.2, 0.25) is 0 Å². The third-order valence-electron chi connectivity index (χ3n) is 3.75. The molecule has 0 fully saturated rings. The van der Waals surface area contributed by atoms with Crippen LogP contribution in [0.3, 0.4) is 0 Å². The molecule has 0 bridgehead atoms. The zero-order valence-corrected chi connectivity index (χ0v) is 11.3. The fourth-order valence-electron chi connectivity index (χ4n) is 2.78. The standard InChI is InChI=1S/C18H13FN2/c19-15-7-3-6-13(11-15)18-17-9-4-10-21(17)16-8-2-1-5-14(16)12-20-18/h1-11H,12H2. The van der Waals surface area contributed by atoms with E-state index in [-0.39, 0.29) is 5.82 Å². The monoisotopic (exact) mass is 276 g/mol. The summed E-state index contributed by atoms with van der Waals surface area (Å²) in [6.07, 6.45) is 2.02. The predicted molar refractivity (Wildman–Crippen MR) is 81.5 cm³/mol. The Labute approximate surface area is 122 Å². The summed E-state index contributed by atoms with van der Waals surface area (Å²) in [4.78, 5) is 4.72. The topological polar surface area (TPSA) is 17.3 Å². The Morgan fingerprint density at radius 1 is 0.952 bits per heavy atom. The van der Waals surface area contributed by atoms with Gasteiger partial charge < -0.3 is 4.57 Å². The van der Waals surface area contributed by atoms with Crippen LogP contribution in [0.5, 0.6) is 0 Å². The van der Waals surface area contributed by atoms with Crippen molar-refractivity contribution in [2.24, 2.45) is 4.99 Å². The van der Waals surface area contributed by atoms with Gasteiger partial charge in [0.25, 0.3) is 0 Å². The molecule has 2 nitrogen and oxygen atoms in total. The number of fused-ring (bicyclic) bond motifs is 3. The molecular weight excluding hydrogens is 263 g/mol. The van der Waals surface area contributed by atoms with Gasteiger partial charge in [0.1, 0.15) is 5.82 Å². The van der Waals surface area contributed by atoms with E-state index in [4.69, 9.17) is 4.99 Å². The van der Waals surface area contributed by atoms with E-state index >= 15 is 0 Å². The summed E-state index contributed by atoms with van der Waals surface area (Å²) in [5, 5.41) is 0. The second-order valence-corrected chi connectivity index (χ2v) is 5.07. The molecule has 2 aromatic carbocycles. The minimum atomic E-state index is -0.241. The van der Waals surface area contributed by atoms with Gasteiger partial charge in [0.15, 0.2) is 0 Å². The van der Waals surface area contributed by atoms with E-state index in [0.29, 0.717) is 6.54 Å². The zero-order valence-electron chi connectivity index (χ0n) is 11.3. The molecule has 1 aromatic heterocycles. The Balaban J connectivity index is 1.94. The molecule has 0 aliphatic carbocycles. The third-order valence-corrected chi connectivity index (χ3v) is 3.75. The lowest BCUT2D eigenvalue weighted by Gasteiger charge is -2.10. The van der Waals surface area contributed by atoms with Gasteiger partial charge in [-0.1, -0.05) is 30.3 Å². The molecule has 0 amide bonds. The first-order valence-electron chi connectivity index (χ1n) is 6.89. The number of nitrogens with zero attached hydrogens (tertiary/aromatic N) is 2. The first-order valence-corrected chi connectivity index (χ1v) is 6.89. The lowest BCUT2D eigenvalue weighted by atomic mass is 10.1. The van der Waals surface area contributed by atoms with Gasteiger partial charge >= 0.3 is 0 Å². The summed E-state index contributed by atoms with van der Waals surface area (Å²) in [5.74, 6) is -0.241. The summed E-state index contributed by atoms with van der Waals surface area (Å²) >= 11 is 0. The van der Waals surface area contributed by atoms with Crippen LogP contribution < -0.4 is 0 Å². The van der Waals surface area contributed by atoms with Crippen LogP contribution in [-0.4, -0.2) is 10.3 Å². The van der Waals surface area contributed by atoms with E-state index in [9.17, 15) is 4.39 Å². The third kappa shape index (κ3) is 1.98. The number of benzene rings is 2. The van der Waals surface area contributed by atoms with Crippen molar-refractivity contribution in [3.05, 3.63) is 89.5 Å². The van der Waals surface area contributed by atoms with Crippen LogP contribution in [0.25, 0.3) is 5.69 Å². The molecule has 3 heteroatoms. The van der Waals surface area contributed by atoms with Crippen LogP contribution >= 0.6 is 0 Å². The number of hydrogen-bond acceptors (Lipinski definition) is 1. The average molecular weight is 276 g/mol. The summed E-state index contributed by atoms with van der Waals surface area (Å²) in [5.41, 5.74) is 4.93. The molecule has 0 radical (unpaired) electrons. The van der Waals surface area contributed by atoms with E-state index < -0.39 is 0 Å². The van der Waals surface area contributed by atoms with Crippen LogP contribution in [0.4, 0.5) is 4.39 Å². The van der Waals surface area contributed by atoms with E-state index in [2.05, 4.69) is 16.7 Å². The van der Waals surface area contributed by atoms with Gasteiger partial charge in [-0.15, -0.1) is 0 Å². The number of hydrogen-bond donors (Lipinski definition) is 0. The maximum atomic E-state index is 13.5. The molecule has 0 N–H and O–H groups in total. The summed E-state index contributed by atoms with van der Waals surface area (Å²) in [6, 6.07) is 18.8.